The van der Waals surface area contributed by atoms with Crippen LogP contribution in [-0.4, -0.2) is 43.2 Å². The van der Waals surface area contributed by atoms with E-state index in [1.54, 1.807) is 11.3 Å². The zero-order valence-corrected chi connectivity index (χ0v) is 23.3. The van der Waals surface area contributed by atoms with E-state index in [1.165, 1.54) is 80.4 Å². The molecule has 2 aromatic heterocycles. The Kier molecular flexibility index (Phi) is 14.5. The molecule has 32 heavy (non-hydrogen) atoms. The summed E-state index contributed by atoms with van der Waals surface area (Å²) >= 11 is 3.10. The van der Waals surface area contributed by atoms with Gasteiger partial charge in [0.1, 0.15) is 13.1 Å². The summed E-state index contributed by atoms with van der Waals surface area (Å²) in [5, 5.41) is 1.92. The first-order valence-corrected chi connectivity index (χ1v) is 13.6. The second-order valence-electron chi connectivity index (χ2n) is 9.27. The van der Waals surface area contributed by atoms with Crippen LogP contribution in [0.3, 0.4) is 0 Å². The van der Waals surface area contributed by atoms with Crippen molar-refractivity contribution in [1.82, 2.24) is 0 Å². The van der Waals surface area contributed by atoms with Crippen molar-refractivity contribution < 1.29 is 31.1 Å². The van der Waals surface area contributed by atoms with Gasteiger partial charge in [-0.15, -0.1) is 22.7 Å². The SMILES string of the molecule is CCCCCCCCCCCCc1ccc(C(=O)C[N+](C)(C)CC(=O)c2cccs2)s1.[Br-]. The maximum Gasteiger partial charge on any atom is 0.226 e. The first-order valence-electron chi connectivity index (χ1n) is 11.9. The molecular weight excluding hydrogens is 502 g/mol. The van der Waals surface area contributed by atoms with Gasteiger partial charge >= 0.3 is 0 Å². The number of Topliss-reactive ketones (excluding diaryl/α,β-unsaturated/α-hetero) is 2. The topological polar surface area (TPSA) is 34.1 Å². The number of unbranched alkanes of at least 4 members (excludes halogenated alkanes) is 9. The number of quaternary nitrogens is 1. The van der Waals surface area contributed by atoms with Crippen LogP contribution in [0.5, 0.6) is 0 Å². The number of thiophene rings is 2. The van der Waals surface area contributed by atoms with Crippen LogP contribution in [0.4, 0.5) is 0 Å². The highest BCUT2D eigenvalue weighted by Gasteiger charge is 2.26. The van der Waals surface area contributed by atoms with E-state index in [0.717, 1.165) is 16.2 Å². The molecule has 0 bridgehead atoms. The van der Waals surface area contributed by atoms with Crippen LogP contribution >= 0.6 is 22.7 Å². The number of hydrogen-bond donors (Lipinski definition) is 0. The van der Waals surface area contributed by atoms with Crippen LogP contribution in [0, 0.1) is 0 Å². The molecule has 2 heterocycles. The molecule has 3 nitrogen and oxygen atoms in total. The smallest absolute Gasteiger partial charge is 0.226 e. The maximum absolute atomic E-state index is 12.8. The molecule has 0 aliphatic carbocycles. The van der Waals surface area contributed by atoms with Crippen molar-refractivity contribution in [3.63, 3.8) is 0 Å². The third kappa shape index (κ3) is 11.4. The summed E-state index contributed by atoms with van der Waals surface area (Å²) in [4.78, 5) is 28.1. The number of halogens is 1. The maximum atomic E-state index is 12.8. The Morgan fingerprint density at radius 2 is 1.34 bits per heavy atom. The Morgan fingerprint density at radius 1 is 0.781 bits per heavy atom. The number of ketones is 2. The van der Waals surface area contributed by atoms with Crippen molar-refractivity contribution in [2.75, 3.05) is 27.2 Å². The van der Waals surface area contributed by atoms with Crippen LogP contribution in [-0.2, 0) is 6.42 Å². The lowest BCUT2D eigenvalue weighted by Gasteiger charge is -2.27. The monoisotopic (exact) mass is 541 g/mol. The minimum Gasteiger partial charge on any atom is -1.00 e. The standard InChI is InChI=1S/C26H40NO2S2.BrH/c1-4-5-6-7-8-9-10-11-12-13-15-22-17-18-26(31-22)24(29)21-27(2,3)20-23(28)25-16-14-19-30-25;/h14,16-19H,4-13,15,20-21H2,1-3H3;1H/q+1;/p-1. The Balaban J connectivity index is 0.00000512. The number of likely N-dealkylation sites (N-methyl/N-ethyl adjacent to an activating group) is 1. The summed E-state index contributed by atoms with van der Waals surface area (Å²) in [6.07, 6.45) is 14.5. The van der Waals surface area contributed by atoms with Crippen molar-refractivity contribution in [2.45, 2.75) is 77.6 Å². The van der Waals surface area contributed by atoms with Crippen LogP contribution in [0.1, 0.15) is 95.4 Å². The van der Waals surface area contributed by atoms with Gasteiger partial charge in [0.05, 0.1) is 23.8 Å². The van der Waals surface area contributed by atoms with E-state index in [4.69, 9.17) is 0 Å². The molecule has 0 fully saturated rings. The molecule has 0 unspecified atom stereocenters. The molecule has 0 saturated heterocycles. The molecule has 0 radical (unpaired) electrons. The normalized spacial score (nSPS) is 11.3. The lowest BCUT2D eigenvalue weighted by molar-refractivity contribution is -0.873. The second-order valence-corrected chi connectivity index (χ2v) is 11.4. The molecule has 0 atom stereocenters. The Labute approximate surface area is 213 Å². The zero-order valence-electron chi connectivity index (χ0n) is 20.0. The van der Waals surface area contributed by atoms with Crippen LogP contribution in [0.25, 0.3) is 0 Å². The molecule has 0 saturated carbocycles. The predicted octanol–water partition coefficient (Wildman–Crippen LogP) is 4.42. The van der Waals surface area contributed by atoms with Crippen molar-refractivity contribution in [3.05, 3.63) is 44.3 Å². The van der Waals surface area contributed by atoms with Gasteiger partial charge in [0.2, 0.25) is 11.6 Å². The van der Waals surface area contributed by atoms with Crippen molar-refractivity contribution >= 4 is 34.2 Å². The number of aryl methyl sites for hydroxylation is 1. The van der Waals surface area contributed by atoms with E-state index in [-0.39, 0.29) is 28.5 Å². The summed E-state index contributed by atoms with van der Waals surface area (Å²) in [7, 11) is 3.92. The highest BCUT2D eigenvalue weighted by atomic mass is 79.9. The van der Waals surface area contributed by atoms with Crippen LogP contribution in [0.15, 0.2) is 29.6 Å². The molecule has 0 aromatic carbocycles. The molecular formula is C26H40BrNO2S2. The fourth-order valence-electron chi connectivity index (χ4n) is 3.88. The summed E-state index contributed by atoms with van der Waals surface area (Å²) in [5.74, 6) is 0.254. The summed E-state index contributed by atoms with van der Waals surface area (Å²) in [6, 6.07) is 7.83. The van der Waals surface area contributed by atoms with E-state index in [2.05, 4.69) is 13.0 Å². The Hall–Kier alpha value is -0.820. The third-order valence-electron chi connectivity index (χ3n) is 5.65. The quantitative estimate of drug-likeness (QED) is 0.169. The first kappa shape index (κ1) is 29.2. The predicted molar refractivity (Wildman–Crippen MR) is 135 cm³/mol. The average molecular weight is 543 g/mol. The molecule has 2 rings (SSSR count). The van der Waals surface area contributed by atoms with Gasteiger partial charge in [0, 0.05) is 4.88 Å². The summed E-state index contributed by atoms with van der Waals surface area (Å²) in [6.45, 7) is 2.97. The van der Waals surface area contributed by atoms with Gasteiger partial charge in [-0.2, -0.15) is 0 Å². The highest BCUT2D eigenvalue weighted by Crippen LogP contribution is 2.21. The minimum atomic E-state index is 0. The highest BCUT2D eigenvalue weighted by molar-refractivity contribution is 7.14. The largest absolute Gasteiger partial charge is 1.00 e. The first-order chi connectivity index (χ1) is 14.9. The van der Waals surface area contributed by atoms with Gasteiger partial charge in [-0.05, 0) is 36.4 Å². The molecule has 180 valence electrons. The van der Waals surface area contributed by atoms with E-state index in [9.17, 15) is 9.59 Å². The Bertz CT molecular complexity index is 784. The summed E-state index contributed by atoms with van der Waals surface area (Å²) < 4.78 is 0.390. The van der Waals surface area contributed by atoms with Gasteiger partial charge < -0.3 is 21.5 Å². The number of carbonyl (C=O) groups is 2. The molecule has 0 spiro atoms. The van der Waals surface area contributed by atoms with Crippen molar-refractivity contribution in [3.8, 4) is 0 Å². The lowest BCUT2D eigenvalue weighted by atomic mass is 10.1. The minimum absolute atomic E-state index is 0. The molecule has 0 aliphatic rings. The third-order valence-corrected chi connectivity index (χ3v) is 7.75. The van der Waals surface area contributed by atoms with Gasteiger partial charge in [0.15, 0.2) is 0 Å². The van der Waals surface area contributed by atoms with E-state index < -0.39 is 0 Å². The average Bonchev–Trinajstić information content (AvgIpc) is 3.41. The lowest BCUT2D eigenvalue weighted by Crippen LogP contribution is -3.00. The molecule has 0 aliphatic heterocycles. The second kappa shape index (κ2) is 15.9. The zero-order chi connectivity index (χ0) is 22.5. The fourth-order valence-corrected chi connectivity index (χ4v) is 5.51. The van der Waals surface area contributed by atoms with E-state index in [1.807, 2.05) is 37.7 Å². The van der Waals surface area contributed by atoms with Crippen LogP contribution in [0.2, 0.25) is 0 Å². The Morgan fingerprint density at radius 3 is 1.91 bits per heavy atom. The molecule has 6 heteroatoms. The number of rotatable bonds is 17. The van der Waals surface area contributed by atoms with E-state index >= 15 is 0 Å². The van der Waals surface area contributed by atoms with Crippen molar-refractivity contribution in [1.29, 1.82) is 0 Å². The van der Waals surface area contributed by atoms with Crippen LogP contribution < -0.4 is 17.0 Å². The summed E-state index contributed by atoms with van der Waals surface area (Å²) in [5.41, 5.74) is 0. The molecule has 2 aromatic rings. The number of nitrogens with zero attached hydrogens (tertiary/aromatic N) is 1. The molecule has 0 N–H and O–H groups in total. The van der Waals surface area contributed by atoms with Gasteiger partial charge in [-0.25, -0.2) is 0 Å². The van der Waals surface area contributed by atoms with Gasteiger partial charge in [-0.1, -0.05) is 70.8 Å². The van der Waals surface area contributed by atoms with Gasteiger partial charge in [0.25, 0.3) is 0 Å². The van der Waals surface area contributed by atoms with Crippen molar-refractivity contribution in [2.24, 2.45) is 0 Å². The fraction of sp³-hybridized carbons (Fsp3) is 0.615. The van der Waals surface area contributed by atoms with E-state index in [0.29, 0.717) is 17.6 Å². The number of carbonyl (C=O) groups excluding carboxylic acids is 2. The van der Waals surface area contributed by atoms with Gasteiger partial charge in [-0.3, -0.25) is 9.59 Å². The number of hydrogen-bond acceptors (Lipinski definition) is 4. The molecule has 0 amide bonds.